The van der Waals surface area contributed by atoms with Crippen LogP contribution in [0.4, 0.5) is 0 Å². The number of hydrogen-bond donors (Lipinski definition) is 0. The van der Waals surface area contributed by atoms with Crippen LogP contribution < -0.4 is 0 Å². The Bertz CT molecular complexity index is 2330. The average Bonchev–Trinajstić information content (AvgIpc) is 3.61. The van der Waals surface area contributed by atoms with Gasteiger partial charge in [0.1, 0.15) is 5.82 Å². The highest BCUT2D eigenvalue weighted by Gasteiger charge is 2.35. The van der Waals surface area contributed by atoms with Crippen molar-refractivity contribution < 1.29 is 0 Å². The molecule has 3 heteroatoms. The summed E-state index contributed by atoms with van der Waals surface area (Å²) >= 11 is 0. The first-order chi connectivity index (χ1) is 20.1. The van der Waals surface area contributed by atoms with Gasteiger partial charge in [-0.2, -0.15) is 0 Å². The lowest BCUT2D eigenvalue weighted by Crippen LogP contribution is -2.15. The van der Waals surface area contributed by atoms with Gasteiger partial charge in [0.2, 0.25) is 0 Å². The van der Waals surface area contributed by atoms with Crippen molar-refractivity contribution >= 4 is 43.6 Å². The maximum absolute atomic E-state index is 4.74. The molecule has 3 nitrogen and oxygen atoms in total. The van der Waals surface area contributed by atoms with Gasteiger partial charge in [-0.25, -0.2) is 4.98 Å². The van der Waals surface area contributed by atoms with E-state index in [1.54, 1.807) is 0 Å². The van der Waals surface area contributed by atoms with Gasteiger partial charge in [0.05, 0.1) is 22.1 Å². The van der Waals surface area contributed by atoms with E-state index in [4.69, 9.17) is 4.98 Å². The third-order valence-electron chi connectivity index (χ3n) is 9.18. The first kappa shape index (κ1) is 22.6. The normalized spacial score (nSPS) is 13.8. The van der Waals surface area contributed by atoms with Gasteiger partial charge in [-0.1, -0.05) is 86.6 Å². The Morgan fingerprint density at radius 3 is 1.85 bits per heavy atom. The van der Waals surface area contributed by atoms with Crippen molar-refractivity contribution in [1.29, 1.82) is 0 Å². The second-order valence-corrected chi connectivity index (χ2v) is 11.6. The molecule has 5 aromatic carbocycles. The Balaban J connectivity index is 1.40. The van der Waals surface area contributed by atoms with E-state index in [0.717, 1.165) is 5.82 Å². The van der Waals surface area contributed by atoms with Crippen LogP contribution in [0.25, 0.3) is 66.2 Å². The van der Waals surface area contributed by atoms with E-state index in [-0.39, 0.29) is 5.41 Å². The summed E-state index contributed by atoms with van der Waals surface area (Å²) in [7, 11) is 0. The highest BCUT2D eigenvalue weighted by Crippen LogP contribution is 2.50. The molecule has 0 spiro atoms. The largest absolute Gasteiger partial charge is 0.309 e. The van der Waals surface area contributed by atoms with Gasteiger partial charge < -0.3 is 4.57 Å². The van der Waals surface area contributed by atoms with E-state index in [1.807, 2.05) is 12.3 Å². The topological polar surface area (TPSA) is 22.8 Å². The minimum atomic E-state index is -0.0515. The fraction of sp³-hybridized carbons (Fsp3) is 0.0789. The summed E-state index contributed by atoms with van der Waals surface area (Å²) in [5.41, 5.74) is 11.4. The van der Waals surface area contributed by atoms with Gasteiger partial charge in [0, 0.05) is 38.8 Å². The molecule has 0 N–H and O–H groups in total. The van der Waals surface area contributed by atoms with Gasteiger partial charge in [-0.15, -0.1) is 0 Å². The van der Waals surface area contributed by atoms with Crippen molar-refractivity contribution in [3.63, 3.8) is 0 Å². The Labute approximate surface area is 237 Å². The van der Waals surface area contributed by atoms with Crippen LogP contribution in [0.2, 0.25) is 0 Å². The van der Waals surface area contributed by atoms with E-state index in [0.29, 0.717) is 0 Å². The molecule has 41 heavy (non-hydrogen) atoms. The molecule has 0 amide bonds. The third-order valence-corrected chi connectivity index (χ3v) is 9.18. The van der Waals surface area contributed by atoms with Crippen molar-refractivity contribution in [2.75, 3.05) is 0 Å². The van der Waals surface area contributed by atoms with Crippen molar-refractivity contribution in [1.82, 2.24) is 14.1 Å². The van der Waals surface area contributed by atoms with Crippen LogP contribution in [0.15, 0.2) is 128 Å². The zero-order chi connectivity index (χ0) is 27.3. The number of aromatic nitrogens is 3. The van der Waals surface area contributed by atoms with Crippen LogP contribution in [0.3, 0.4) is 0 Å². The molecular formula is C38H27N3. The Morgan fingerprint density at radius 2 is 1.12 bits per heavy atom. The number of para-hydroxylation sites is 2. The lowest BCUT2D eigenvalue weighted by molar-refractivity contribution is 0.660. The SMILES string of the molecule is CC1(C)c2ccccc2-c2ccc(-n3c4ccccc4c4c5c6ccccc6n(-c6ccccn6)c5ccc43)cc21. The summed E-state index contributed by atoms with van der Waals surface area (Å²) in [6.45, 7) is 4.70. The summed E-state index contributed by atoms with van der Waals surface area (Å²) in [5, 5.41) is 5.06. The van der Waals surface area contributed by atoms with E-state index in [1.165, 1.54) is 71.6 Å². The fourth-order valence-electron chi connectivity index (χ4n) is 7.36. The lowest BCUT2D eigenvalue weighted by atomic mass is 9.82. The highest BCUT2D eigenvalue weighted by molar-refractivity contribution is 6.28. The van der Waals surface area contributed by atoms with Crippen molar-refractivity contribution in [3.8, 4) is 22.6 Å². The van der Waals surface area contributed by atoms with E-state index in [9.17, 15) is 0 Å². The van der Waals surface area contributed by atoms with E-state index < -0.39 is 0 Å². The van der Waals surface area contributed by atoms with Crippen LogP contribution in [0.5, 0.6) is 0 Å². The minimum absolute atomic E-state index is 0.0515. The maximum Gasteiger partial charge on any atom is 0.137 e. The molecule has 194 valence electrons. The van der Waals surface area contributed by atoms with Crippen LogP contribution in [0.1, 0.15) is 25.0 Å². The van der Waals surface area contributed by atoms with Crippen molar-refractivity contribution in [2.45, 2.75) is 19.3 Å². The molecule has 3 heterocycles. The van der Waals surface area contributed by atoms with Gasteiger partial charge in [-0.3, -0.25) is 4.57 Å². The molecule has 8 aromatic rings. The van der Waals surface area contributed by atoms with Crippen molar-refractivity contribution in [3.05, 3.63) is 139 Å². The quantitative estimate of drug-likeness (QED) is 0.220. The molecule has 0 aliphatic heterocycles. The third kappa shape index (κ3) is 2.90. The second kappa shape index (κ2) is 7.96. The molecule has 0 bridgehead atoms. The maximum atomic E-state index is 4.74. The van der Waals surface area contributed by atoms with Gasteiger partial charge in [0.25, 0.3) is 0 Å². The Morgan fingerprint density at radius 1 is 0.512 bits per heavy atom. The number of benzene rings is 5. The average molecular weight is 526 g/mol. The van der Waals surface area contributed by atoms with E-state index in [2.05, 4.69) is 138 Å². The highest BCUT2D eigenvalue weighted by atomic mass is 15.1. The monoisotopic (exact) mass is 525 g/mol. The summed E-state index contributed by atoms with van der Waals surface area (Å²) in [5.74, 6) is 0.933. The molecule has 9 rings (SSSR count). The molecular weight excluding hydrogens is 498 g/mol. The standard InChI is InChI=1S/C38H27N3/c1-38(2)29-14-6-3-11-25(29)26-19-18-24(23-30(26)38)40-31-15-7-4-12-27(31)36-33(40)20-21-34-37(36)28-13-5-8-16-32(28)41(34)35-17-9-10-22-39-35/h3-23H,1-2H3. The molecule has 0 radical (unpaired) electrons. The van der Waals surface area contributed by atoms with E-state index >= 15 is 0 Å². The van der Waals surface area contributed by atoms with Gasteiger partial charge in [-0.05, 0) is 70.8 Å². The summed E-state index contributed by atoms with van der Waals surface area (Å²) < 4.78 is 4.75. The molecule has 0 unspecified atom stereocenters. The van der Waals surface area contributed by atoms with Gasteiger partial charge in [0.15, 0.2) is 0 Å². The van der Waals surface area contributed by atoms with Crippen LogP contribution >= 0.6 is 0 Å². The predicted molar refractivity (Wildman–Crippen MR) is 170 cm³/mol. The number of pyridine rings is 1. The molecule has 0 saturated carbocycles. The fourth-order valence-corrected chi connectivity index (χ4v) is 7.36. The summed E-state index contributed by atoms with van der Waals surface area (Å²) in [4.78, 5) is 4.74. The minimum Gasteiger partial charge on any atom is -0.309 e. The number of rotatable bonds is 2. The van der Waals surface area contributed by atoms with Crippen molar-refractivity contribution in [2.24, 2.45) is 0 Å². The number of fused-ring (bicyclic) bond motifs is 10. The second-order valence-electron chi connectivity index (χ2n) is 11.6. The molecule has 0 atom stereocenters. The Hall–Kier alpha value is -5.15. The first-order valence-corrected chi connectivity index (χ1v) is 14.2. The van der Waals surface area contributed by atoms with Gasteiger partial charge >= 0.3 is 0 Å². The molecule has 1 aliphatic carbocycles. The Kier molecular flexibility index (Phi) is 4.39. The molecule has 1 aliphatic rings. The summed E-state index contributed by atoms with van der Waals surface area (Å²) in [6.07, 6.45) is 1.87. The smallest absolute Gasteiger partial charge is 0.137 e. The van der Waals surface area contributed by atoms with Crippen LogP contribution in [-0.4, -0.2) is 14.1 Å². The lowest BCUT2D eigenvalue weighted by Gasteiger charge is -2.22. The van der Waals surface area contributed by atoms with Crippen LogP contribution in [-0.2, 0) is 5.41 Å². The van der Waals surface area contributed by atoms with Crippen LogP contribution in [0, 0.1) is 0 Å². The zero-order valence-corrected chi connectivity index (χ0v) is 23.0. The summed E-state index contributed by atoms with van der Waals surface area (Å²) in [6, 6.07) is 44.1. The number of nitrogens with zero attached hydrogens (tertiary/aromatic N) is 3. The predicted octanol–water partition coefficient (Wildman–Crippen LogP) is 9.58. The molecule has 3 aromatic heterocycles. The zero-order valence-electron chi connectivity index (χ0n) is 23.0. The first-order valence-electron chi connectivity index (χ1n) is 14.2. The molecule has 0 saturated heterocycles. The molecule has 0 fully saturated rings. The number of hydrogen-bond acceptors (Lipinski definition) is 1.